The zero-order valence-electron chi connectivity index (χ0n) is 7.15. The van der Waals surface area contributed by atoms with Gasteiger partial charge >= 0.3 is 0 Å². The molecule has 0 saturated carbocycles. The van der Waals surface area contributed by atoms with E-state index in [4.69, 9.17) is 0 Å². The minimum absolute atomic E-state index is 0.0717. The molecule has 0 rings (SSSR count). The van der Waals surface area contributed by atoms with Crippen LogP contribution >= 0.6 is 0 Å². The van der Waals surface area contributed by atoms with Gasteiger partial charge < -0.3 is 5.32 Å². The maximum atomic E-state index is 12.0. The molecule has 1 nitrogen and oxygen atoms in total. The Labute approximate surface area is 63.0 Å². The maximum Gasteiger partial charge on any atom is 0.105 e. The summed E-state index contributed by atoms with van der Waals surface area (Å²) in [5.41, 5.74) is 0. The first-order valence-corrected chi connectivity index (χ1v) is 4.00. The number of hydrogen-bond acceptors (Lipinski definition) is 1. The summed E-state index contributed by atoms with van der Waals surface area (Å²) in [6, 6.07) is 0.0717. The topological polar surface area (TPSA) is 12.0 Å². The minimum atomic E-state index is -0.247. The molecule has 1 N–H and O–H groups in total. The van der Waals surface area contributed by atoms with Gasteiger partial charge in [0, 0.05) is 6.04 Å². The Morgan fingerprint density at radius 2 is 2.00 bits per heavy atom. The van der Waals surface area contributed by atoms with Crippen molar-refractivity contribution in [3.05, 3.63) is 0 Å². The third-order valence-electron chi connectivity index (χ3n) is 1.49. The van der Waals surface area contributed by atoms with Crippen molar-refractivity contribution in [1.29, 1.82) is 0 Å². The summed E-state index contributed by atoms with van der Waals surface area (Å²) >= 11 is 0. The Balaban J connectivity index is 3.26. The smallest absolute Gasteiger partial charge is 0.105 e. The van der Waals surface area contributed by atoms with Crippen LogP contribution in [-0.4, -0.2) is 19.3 Å². The third kappa shape index (κ3) is 4.74. The molecular formula is C8H18FN. The molecule has 0 aromatic heterocycles. The molecule has 0 fully saturated rings. The summed E-state index contributed by atoms with van der Waals surface area (Å²) in [6.07, 6.45) is 0.878. The number of nitrogens with one attached hydrogen (secondary N) is 1. The van der Waals surface area contributed by atoms with E-state index < -0.39 is 0 Å². The van der Waals surface area contributed by atoms with Crippen molar-refractivity contribution < 1.29 is 4.39 Å². The Bertz CT molecular complexity index is 69.7. The Hall–Kier alpha value is -0.110. The van der Waals surface area contributed by atoms with Crippen molar-refractivity contribution in [3.8, 4) is 0 Å². The SMILES string of the molecule is CCC(CF)NCC(C)C. The monoisotopic (exact) mass is 147 g/mol. The lowest BCUT2D eigenvalue weighted by Crippen LogP contribution is -2.33. The van der Waals surface area contributed by atoms with Crippen LogP contribution < -0.4 is 5.32 Å². The second-order valence-electron chi connectivity index (χ2n) is 3.06. The van der Waals surface area contributed by atoms with Gasteiger partial charge in [0.2, 0.25) is 0 Å². The molecule has 1 unspecified atom stereocenters. The molecule has 2 heteroatoms. The Morgan fingerprint density at radius 3 is 2.30 bits per heavy atom. The molecular weight excluding hydrogens is 129 g/mol. The lowest BCUT2D eigenvalue weighted by Gasteiger charge is -2.14. The fraction of sp³-hybridized carbons (Fsp3) is 1.00. The van der Waals surface area contributed by atoms with Crippen LogP contribution in [0.25, 0.3) is 0 Å². The van der Waals surface area contributed by atoms with Crippen molar-refractivity contribution in [2.45, 2.75) is 33.2 Å². The lowest BCUT2D eigenvalue weighted by molar-refractivity contribution is 0.353. The molecule has 0 aromatic carbocycles. The van der Waals surface area contributed by atoms with Gasteiger partial charge in [-0.15, -0.1) is 0 Å². The van der Waals surface area contributed by atoms with E-state index >= 15 is 0 Å². The average Bonchev–Trinajstić information content (AvgIpc) is 1.90. The Morgan fingerprint density at radius 1 is 1.40 bits per heavy atom. The molecule has 1 atom stereocenters. The van der Waals surface area contributed by atoms with E-state index in [0.717, 1.165) is 13.0 Å². The van der Waals surface area contributed by atoms with E-state index in [-0.39, 0.29) is 12.7 Å². The minimum Gasteiger partial charge on any atom is -0.311 e. The van der Waals surface area contributed by atoms with Gasteiger partial charge in [-0.05, 0) is 18.9 Å². The van der Waals surface area contributed by atoms with E-state index in [2.05, 4.69) is 19.2 Å². The first kappa shape index (κ1) is 9.89. The number of rotatable bonds is 5. The van der Waals surface area contributed by atoms with E-state index in [1.807, 2.05) is 6.92 Å². The molecule has 0 aromatic rings. The predicted octanol–water partition coefficient (Wildman–Crippen LogP) is 1.98. The van der Waals surface area contributed by atoms with Crippen LogP contribution in [0.3, 0.4) is 0 Å². The lowest BCUT2D eigenvalue weighted by atomic mass is 10.2. The molecule has 0 bridgehead atoms. The van der Waals surface area contributed by atoms with Gasteiger partial charge in [-0.2, -0.15) is 0 Å². The van der Waals surface area contributed by atoms with Gasteiger partial charge in [-0.3, -0.25) is 0 Å². The van der Waals surface area contributed by atoms with Gasteiger partial charge in [0.15, 0.2) is 0 Å². The Kier molecular flexibility index (Phi) is 5.60. The largest absolute Gasteiger partial charge is 0.311 e. The van der Waals surface area contributed by atoms with Crippen LogP contribution in [0.15, 0.2) is 0 Å². The van der Waals surface area contributed by atoms with Crippen molar-refractivity contribution >= 4 is 0 Å². The van der Waals surface area contributed by atoms with Crippen LogP contribution in [0.4, 0.5) is 4.39 Å². The van der Waals surface area contributed by atoms with Gasteiger partial charge in [-0.25, -0.2) is 4.39 Å². The summed E-state index contributed by atoms with van der Waals surface area (Å²) in [5.74, 6) is 0.612. The summed E-state index contributed by atoms with van der Waals surface area (Å²) < 4.78 is 12.0. The van der Waals surface area contributed by atoms with E-state index in [1.54, 1.807) is 0 Å². The number of halogens is 1. The molecule has 10 heavy (non-hydrogen) atoms. The van der Waals surface area contributed by atoms with Crippen LogP contribution in [0, 0.1) is 5.92 Å². The maximum absolute atomic E-state index is 12.0. The second kappa shape index (κ2) is 5.66. The zero-order valence-corrected chi connectivity index (χ0v) is 7.15. The molecule has 0 heterocycles. The van der Waals surface area contributed by atoms with Crippen molar-refractivity contribution in [1.82, 2.24) is 5.32 Å². The highest BCUT2D eigenvalue weighted by atomic mass is 19.1. The molecule has 62 valence electrons. The fourth-order valence-electron chi connectivity index (χ4n) is 0.710. The molecule has 0 aliphatic heterocycles. The van der Waals surface area contributed by atoms with Crippen molar-refractivity contribution in [2.24, 2.45) is 5.92 Å². The zero-order chi connectivity index (χ0) is 7.98. The predicted molar refractivity (Wildman–Crippen MR) is 42.9 cm³/mol. The van der Waals surface area contributed by atoms with E-state index in [1.165, 1.54) is 0 Å². The van der Waals surface area contributed by atoms with Crippen molar-refractivity contribution in [2.75, 3.05) is 13.2 Å². The second-order valence-corrected chi connectivity index (χ2v) is 3.06. The highest BCUT2D eigenvalue weighted by Crippen LogP contribution is 1.94. The van der Waals surface area contributed by atoms with E-state index in [0.29, 0.717) is 5.92 Å². The highest BCUT2D eigenvalue weighted by molar-refractivity contribution is 4.63. The van der Waals surface area contributed by atoms with Crippen LogP contribution in [-0.2, 0) is 0 Å². The van der Waals surface area contributed by atoms with Gasteiger partial charge in [-0.1, -0.05) is 20.8 Å². The van der Waals surface area contributed by atoms with Crippen LogP contribution in [0.5, 0.6) is 0 Å². The van der Waals surface area contributed by atoms with Gasteiger partial charge in [0.1, 0.15) is 6.67 Å². The molecule has 0 aliphatic rings. The first-order valence-electron chi connectivity index (χ1n) is 4.00. The molecule has 0 amide bonds. The first-order chi connectivity index (χ1) is 4.70. The third-order valence-corrected chi connectivity index (χ3v) is 1.49. The molecule has 0 aliphatic carbocycles. The molecule has 0 saturated heterocycles. The summed E-state index contributed by atoms with van der Waals surface area (Å²) in [6.45, 7) is 6.92. The average molecular weight is 147 g/mol. The normalized spacial score (nSPS) is 14.1. The molecule has 0 spiro atoms. The summed E-state index contributed by atoms with van der Waals surface area (Å²) in [4.78, 5) is 0. The quantitative estimate of drug-likeness (QED) is 0.627. The van der Waals surface area contributed by atoms with Crippen LogP contribution in [0.1, 0.15) is 27.2 Å². The summed E-state index contributed by atoms with van der Waals surface area (Å²) in [7, 11) is 0. The summed E-state index contributed by atoms with van der Waals surface area (Å²) in [5, 5.41) is 3.14. The highest BCUT2D eigenvalue weighted by Gasteiger charge is 2.03. The van der Waals surface area contributed by atoms with Crippen LogP contribution in [0.2, 0.25) is 0 Å². The van der Waals surface area contributed by atoms with Gasteiger partial charge in [0.05, 0.1) is 0 Å². The standard InChI is InChI=1S/C8H18FN/c1-4-8(5-9)10-6-7(2)3/h7-8,10H,4-6H2,1-3H3. The number of alkyl halides is 1. The van der Waals surface area contributed by atoms with Crippen molar-refractivity contribution in [3.63, 3.8) is 0 Å². The van der Waals surface area contributed by atoms with Gasteiger partial charge in [0.25, 0.3) is 0 Å². The molecule has 0 radical (unpaired) electrons. The van der Waals surface area contributed by atoms with E-state index in [9.17, 15) is 4.39 Å². The number of hydrogen-bond donors (Lipinski definition) is 1. The fourth-order valence-corrected chi connectivity index (χ4v) is 0.710.